The highest BCUT2D eigenvalue weighted by Crippen LogP contribution is 2.30. The molecule has 15 heavy (non-hydrogen) atoms. The van der Waals surface area contributed by atoms with E-state index in [1.165, 1.54) is 0 Å². The van der Waals surface area contributed by atoms with Gasteiger partial charge in [0.05, 0.1) is 6.61 Å². The number of allylic oxidation sites excluding steroid dienone is 1. The monoisotopic (exact) mass is 232 g/mol. The standard InChI is InChI=1S/C9H13F5O/c1-2-3-4-5-6-15-7(8(10)11)9(12,13)14/h2-6H2,1H3. The molecule has 0 radical (unpaired) electrons. The lowest BCUT2D eigenvalue weighted by molar-refractivity contribution is -0.136. The summed E-state index contributed by atoms with van der Waals surface area (Å²) in [7, 11) is 0. The highest BCUT2D eigenvalue weighted by molar-refractivity contribution is 5.00. The molecular formula is C9H13F5O. The Morgan fingerprint density at radius 3 is 2.07 bits per heavy atom. The Morgan fingerprint density at radius 2 is 1.67 bits per heavy atom. The van der Waals surface area contributed by atoms with E-state index in [0.717, 1.165) is 12.8 Å². The fourth-order valence-corrected chi connectivity index (χ4v) is 0.947. The molecule has 0 saturated carbocycles. The van der Waals surface area contributed by atoms with E-state index in [9.17, 15) is 22.0 Å². The molecule has 0 amide bonds. The molecule has 0 atom stereocenters. The van der Waals surface area contributed by atoms with Crippen molar-refractivity contribution in [2.75, 3.05) is 6.61 Å². The Labute approximate surface area is 84.9 Å². The summed E-state index contributed by atoms with van der Waals surface area (Å²) in [6, 6.07) is 0. The summed E-state index contributed by atoms with van der Waals surface area (Å²) in [4.78, 5) is 0. The second kappa shape index (κ2) is 6.63. The number of ether oxygens (including phenoxy) is 1. The van der Waals surface area contributed by atoms with Crippen molar-refractivity contribution in [3.05, 3.63) is 11.8 Å². The van der Waals surface area contributed by atoms with Gasteiger partial charge in [-0.15, -0.1) is 0 Å². The Balaban J connectivity index is 3.97. The Morgan fingerprint density at radius 1 is 1.07 bits per heavy atom. The van der Waals surface area contributed by atoms with Gasteiger partial charge in [-0.3, -0.25) is 0 Å². The zero-order valence-corrected chi connectivity index (χ0v) is 8.33. The van der Waals surface area contributed by atoms with Gasteiger partial charge in [0.25, 0.3) is 5.76 Å². The van der Waals surface area contributed by atoms with E-state index < -0.39 is 18.0 Å². The molecule has 0 fully saturated rings. The molecule has 0 bridgehead atoms. The molecule has 0 aromatic rings. The van der Waals surface area contributed by atoms with Crippen molar-refractivity contribution in [1.82, 2.24) is 0 Å². The van der Waals surface area contributed by atoms with Gasteiger partial charge in [0.1, 0.15) is 0 Å². The van der Waals surface area contributed by atoms with Crippen LogP contribution in [0.3, 0.4) is 0 Å². The predicted octanol–water partition coefficient (Wildman–Crippen LogP) is 4.25. The fourth-order valence-electron chi connectivity index (χ4n) is 0.947. The summed E-state index contributed by atoms with van der Waals surface area (Å²) >= 11 is 0. The van der Waals surface area contributed by atoms with E-state index in [1.807, 2.05) is 6.92 Å². The van der Waals surface area contributed by atoms with Gasteiger partial charge in [-0.05, 0) is 6.42 Å². The van der Waals surface area contributed by atoms with Gasteiger partial charge in [-0.1, -0.05) is 26.2 Å². The second-order valence-corrected chi connectivity index (χ2v) is 3.00. The van der Waals surface area contributed by atoms with Crippen molar-refractivity contribution in [3.8, 4) is 0 Å². The summed E-state index contributed by atoms with van der Waals surface area (Å²) in [5, 5.41) is 0. The summed E-state index contributed by atoms with van der Waals surface area (Å²) < 4.78 is 63.3. The minimum Gasteiger partial charge on any atom is -0.485 e. The van der Waals surface area contributed by atoms with Gasteiger partial charge in [-0.25, -0.2) is 0 Å². The van der Waals surface area contributed by atoms with Crippen LogP contribution < -0.4 is 0 Å². The summed E-state index contributed by atoms with van der Waals surface area (Å²) in [5.41, 5.74) is 0. The van der Waals surface area contributed by atoms with Crippen LogP contribution in [-0.2, 0) is 4.74 Å². The molecule has 90 valence electrons. The molecular weight excluding hydrogens is 219 g/mol. The molecule has 0 saturated heterocycles. The first-order valence-electron chi connectivity index (χ1n) is 4.64. The van der Waals surface area contributed by atoms with Crippen LogP contribution in [0.15, 0.2) is 11.8 Å². The number of hydrogen-bond donors (Lipinski definition) is 0. The summed E-state index contributed by atoms with van der Waals surface area (Å²) in [5.74, 6) is -2.17. The molecule has 0 aliphatic heterocycles. The largest absolute Gasteiger partial charge is 0.485 e. The minimum atomic E-state index is -5.11. The van der Waals surface area contributed by atoms with Crippen LogP contribution in [0.2, 0.25) is 0 Å². The zero-order valence-electron chi connectivity index (χ0n) is 8.33. The highest BCUT2D eigenvalue weighted by atomic mass is 19.4. The number of rotatable bonds is 6. The van der Waals surface area contributed by atoms with Crippen LogP contribution in [0.4, 0.5) is 22.0 Å². The van der Waals surface area contributed by atoms with E-state index in [1.54, 1.807) is 0 Å². The molecule has 0 rings (SSSR count). The summed E-state index contributed by atoms with van der Waals surface area (Å²) in [6.45, 7) is 1.61. The van der Waals surface area contributed by atoms with Gasteiger partial charge >= 0.3 is 12.3 Å². The maximum absolute atomic E-state index is 11.9. The Hall–Kier alpha value is -0.810. The third-order valence-electron chi connectivity index (χ3n) is 1.67. The van der Waals surface area contributed by atoms with Gasteiger partial charge in [0, 0.05) is 0 Å². The zero-order chi connectivity index (χ0) is 11.9. The number of hydrogen-bond acceptors (Lipinski definition) is 1. The highest BCUT2D eigenvalue weighted by Gasteiger charge is 2.40. The van der Waals surface area contributed by atoms with Crippen LogP contribution in [-0.4, -0.2) is 12.8 Å². The quantitative estimate of drug-likeness (QED) is 0.378. The van der Waals surface area contributed by atoms with Crippen LogP contribution in [0, 0.1) is 0 Å². The van der Waals surface area contributed by atoms with E-state index in [-0.39, 0.29) is 6.61 Å². The third kappa shape index (κ3) is 6.30. The van der Waals surface area contributed by atoms with Crippen molar-refractivity contribution in [2.45, 2.75) is 38.8 Å². The van der Waals surface area contributed by atoms with Gasteiger partial charge in [0.15, 0.2) is 0 Å². The van der Waals surface area contributed by atoms with Crippen LogP contribution in [0.1, 0.15) is 32.6 Å². The molecule has 1 nitrogen and oxygen atoms in total. The van der Waals surface area contributed by atoms with Crippen molar-refractivity contribution >= 4 is 0 Å². The van der Waals surface area contributed by atoms with Crippen LogP contribution in [0.25, 0.3) is 0 Å². The minimum absolute atomic E-state index is 0.327. The van der Waals surface area contributed by atoms with Gasteiger partial charge < -0.3 is 4.74 Å². The smallest absolute Gasteiger partial charge is 0.454 e. The van der Waals surface area contributed by atoms with E-state index in [2.05, 4.69) is 4.74 Å². The number of halogens is 5. The fraction of sp³-hybridized carbons (Fsp3) is 0.778. The van der Waals surface area contributed by atoms with Gasteiger partial charge in [0.2, 0.25) is 0 Å². The molecule has 0 heterocycles. The molecule has 6 heteroatoms. The van der Waals surface area contributed by atoms with Crippen LogP contribution >= 0.6 is 0 Å². The van der Waals surface area contributed by atoms with Crippen LogP contribution in [0.5, 0.6) is 0 Å². The van der Waals surface area contributed by atoms with Crippen molar-refractivity contribution in [1.29, 1.82) is 0 Å². The van der Waals surface area contributed by atoms with E-state index >= 15 is 0 Å². The molecule has 0 aliphatic rings. The SMILES string of the molecule is CCCCCCOC(=C(F)F)C(F)(F)F. The summed E-state index contributed by atoms with van der Waals surface area (Å²) in [6.07, 6.45) is -5.13. The lowest BCUT2D eigenvalue weighted by Gasteiger charge is -2.11. The average molecular weight is 232 g/mol. The van der Waals surface area contributed by atoms with Crippen molar-refractivity contribution in [2.24, 2.45) is 0 Å². The lowest BCUT2D eigenvalue weighted by atomic mass is 10.2. The topological polar surface area (TPSA) is 9.23 Å². The lowest BCUT2D eigenvalue weighted by Crippen LogP contribution is -2.16. The van der Waals surface area contributed by atoms with Crippen molar-refractivity contribution < 1.29 is 26.7 Å². The molecule has 0 unspecified atom stereocenters. The molecule has 0 aliphatic carbocycles. The first-order chi connectivity index (χ1) is 6.89. The number of unbranched alkanes of at least 4 members (excludes halogenated alkanes) is 3. The second-order valence-electron chi connectivity index (χ2n) is 3.00. The molecule has 0 spiro atoms. The van der Waals surface area contributed by atoms with E-state index in [0.29, 0.717) is 12.8 Å². The van der Waals surface area contributed by atoms with Crippen molar-refractivity contribution in [3.63, 3.8) is 0 Å². The predicted molar refractivity (Wildman–Crippen MR) is 45.4 cm³/mol. The Bertz CT molecular complexity index is 205. The molecule has 0 N–H and O–H groups in total. The molecule has 0 aromatic heterocycles. The molecule has 0 aromatic carbocycles. The average Bonchev–Trinajstić information content (AvgIpc) is 2.08. The first kappa shape index (κ1) is 14.2. The number of alkyl halides is 3. The first-order valence-corrected chi connectivity index (χ1v) is 4.64. The van der Waals surface area contributed by atoms with Gasteiger partial charge in [-0.2, -0.15) is 22.0 Å². The maximum Gasteiger partial charge on any atom is 0.454 e. The third-order valence-corrected chi connectivity index (χ3v) is 1.67. The maximum atomic E-state index is 11.9. The van der Waals surface area contributed by atoms with E-state index in [4.69, 9.17) is 0 Å². The normalized spacial score (nSPS) is 11.3. The Kier molecular flexibility index (Phi) is 6.27.